The first-order valence-corrected chi connectivity index (χ1v) is 26.5. The fourth-order valence-electron chi connectivity index (χ4n) is 9.98. The van der Waals surface area contributed by atoms with Gasteiger partial charge >= 0.3 is 0 Å². The van der Waals surface area contributed by atoms with Gasteiger partial charge in [0.1, 0.15) is 15.7 Å². The molecule has 5 heterocycles. The third kappa shape index (κ3) is 15.8. The van der Waals surface area contributed by atoms with Gasteiger partial charge in [-0.3, -0.25) is 0 Å². The molecule has 8 fully saturated rings. The summed E-state index contributed by atoms with van der Waals surface area (Å²) in [5.74, 6) is 0.287. The van der Waals surface area contributed by atoms with E-state index in [9.17, 15) is 10.2 Å². The van der Waals surface area contributed by atoms with E-state index in [0.29, 0.717) is 18.1 Å². The summed E-state index contributed by atoms with van der Waals surface area (Å²) in [6.07, 6.45) is 15.9. The Bertz CT molecular complexity index is 1270. The molecule has 5 aliphatic heterocycles. The SMILES string of the molecule is CN1CCOCC1.CN1[C@H]2CCCC[C@]2(C)OP1Cl.CN[C@H]1CCCC[C@]1(C)O.S.S.[B][C@@H]1O[C@H](CC)[C@H](O)C1C.[B][C@@H]1O[C@H](CC)[C@H](O[P@@]2O[C@@]3(C)CCCC[C@@H]3N2C)C1C. The van der Waals surface area contributed by atoms with Crippen molar-refractivity contribution in [3.8, 4) is 0 Å². The first kappa shape index (κ1) is 59.6. The van der Waals surface area contributed by atoms with Crippen molar-refractivity contribution in [3.05, 3.63) is 0 Å². The van der Waals surface area contributed by atoms with Crippen LogP contribution in [0.2, 0.25) is 0 Å². The van der Waals surface area contributed by atoms with Gasteiger partial charge in [-0.25, -0.2) is 9.34 Å². The van der Waals surface area contributed by atoms with Gasteiger partial charge in [0.05, 0.1) is 54.4 Å². The summed E-state index contributed by atoms with van der Waals surface area (Å²) in [6, 6.07) is 0.862. The molecular weight excluding hydrogens is 884 g/mol. The zero-order chi connectivity index (χ0) is 44.4. The van der Waals surface area contributed by atoms with Crippen LogP contribution >= 0.6 is 54.4 Å². The highest BCUT2D eigenvalue weighted by Gasteiger charge is 2.54. The van der Waals surface area contributed by atoms with Crippen molar-refractivity contribution in [3.63, 3.8) is 0 Å². The van der Waals surface area contributed by atoms with E-state index in [2.05, 4.69) is 68.4 Å². The summed E-state index contributed by atoms with van der Waals surface area (Å²) in [7, 11) is 18.0. The Morgan fingerprint density at radius 1 is 0.758 bits per heavy atom. The standard InChI is InChI=1S/C15H27BNO3P.C8H15ClNOP.C8H17NO.C7H13BO2.C5H11NO.2H2S/c1-5-11-13(10(2)14(16)18-11)19-21-17(4)12-8-6-7-9-15(12,3)20-21;1-8-6-4-3-5-7(8)10(2)12(9)11-8;1-8(10)6-4-3-5-7(8)9-2;1-3-5-6(9)4(2)7(8)10-5;1-6-2-4-7-5-3-6;;/h10-14H,5-9H2,1-4H3;7H,3-6H2,1-2H3;7,9-10H,3-6H2,1-2H3;4-7,9H,3H2,1-2H3;2-5H2,1H3;2*1H2/t10?,11-,12+,13-,14-,15+,21+;7-,8-,12?;7-,8-;4?,5-,6-,7-;;;/m1001.../s1. The second-order valence-corrected chi connectivity index (χ2v) is 22.8. The first-order chi connectivity index (χ1) is 28.3. The van der Waals surface area contributed by atoms with E-state index >= 15 is 0 Å². The van der Waals surface area contributed by atoms with E-state index in [1.165, 1.54) is 57.8 Å². The highest BCUT2D eigenvalue weighted by atomic mass is 35.7. The van der Waals surface area contributed by atoms with Crippen LogP contribution in [0.25, 0.3) is 0 Å². The zero-order valence-electron chi connectivity index (χ0n) is 40.2. The lowest BCUT2D eigenvalue weighted by Crippen LogP contribution is -2.49. The van der Waals surface area contributed by atoms with E-state index in [-0.39, 0.29) is 86.5 Å². The van der Waals surface area contributed by atoms with Crippen LogP contribution in [0.15, 0.2) is 0 Å². The number of likely N-dealkylation sites (N-methyl/N-ethyl adjacent to an activating group) is 4. The number of nitrogens with zero attached hydrogens (tertiary/aromatic N) is 3. The van der Waals surface area contributed by atoms with E-state index in [4.69, 9.17) is 54.7 Å². The molecule has 8 aliphatic rings. The number of rotatable bonds is 5. The largest absolute Gasteiger partial charge is 0.390 e. The number of halogens is 1. The first-order valence-electron chi connectivity index (χ1n) is 23.2. The highest BCUT2D eigenvalue weighted by Crippen LogP contribution is 2.62. The minimum Gasteiger partial charge on any atom is -0.390 e. The maximum atomic E-state index is 9.77. The lowest BCUT2D eigenvalue weighted by Gasteiger charge is -2.36. The van der Waals surface area contributed by atoms with Crippen molar-refractivity contribution in [1.29, 1.82) is 0 Å². The molecule has 3 saturated carbocycles. The zero-order valence-corrected chi connectivity index (χ0v) is 44.7. The van der Waals surface area contributed by atoms with E-state index in [1.54, 1.807) is 0 Å². The quantitative estimate of drug-likeness (QED) is 0.186. The van der Waals surface area contributed by atoms with Crippen LogP contribution in [0.4, 0.5) is 0 Å². The summed E-state index contributed by atoms with van der Waals surface area (Å²) < 4.78 is 39.3. The van der Waals surface area contributed by atoms with Crippen molar-refractivity contribution < 1.29 is 38.0 Å². The van der Waals surface area contributed by atoms with Crippen LogP contribution in [0.3, 0.4) is 0 Å². The Kier molecular flexibility index (Phi) is 26.6. The Morgan fingerprint density at radius 3 is 1.68 bits per heavy atom. The van der Waals surface area contributed by atoms with Gasteiger partial charge in [-0.1, -0.05) is 66.2 Å². The molecular formula is C43H87B2ClN4O8P2S2. The molecule has 0 bridgehead atoms. The summed E-state index contributed by atoms with van der Waals surface area (Å²) in [6.45, 7) is 18.5. The van der Waals surface area contributed by atoms with Crippen molar-refractivity contribution in [1.82, 2.24) is 19.6 Å². The molecule has 19 heteroatoms. The van der Waals surface area contributed by atoms with Crippen molar-refractivity contribution in [2.45, 2.75) is 210 Å². The molecule has 62 heavy (non-hydrogen) atoms. The second kappa shape index (κ2) is 27.6. The minimum absolute atomic E-state index is 0. The maximum Gasteiger partial charge on any atom is 0.259 e. The lowest BCUT2D eigenvalue weighted by atomic mass is 9.82. The Morgan fingerprint density at radius 2 is 1.26 bits per heavy atom. The molecule has 3 unspecified atom stereocenters. The summed E-state index contributed by atoms with van der Waals surface area (Å²) in [5.41, 5.74) is -0.446. The predicted molar refractivity (Wildman–Crippen MR) is 268 cm³/mol. The van der Waals surface area contributed by atoms with Crippen molar-refractivity contribution in [2.75, 3.05) is 54.5 Å². The molecule has 5 saturated heterocycles. The maximum absolute atomic E-state index is 9.77. The number of aliphatic hydroxyl groups excluding tert-OH is 1. The number of hydrogen-bond donors (Lipinski definition) is 3. The molecule has 3 aliphatic carbocycles. The minimum atomic E-state index is -0.996. The van der Waals surface area contributed by atoms with E-state index in [0.717, 1.165) is 58.4 Å². The van der Waals surface area contributed by atoms with Gasteiger partial charge in [0.2, 0.25) is 7.65 Å². The van der Waals surface area contributed by atoms with Gasteiger partial charge < -0.3 is 48.2 Å². The summed E-state index contributed by atoms with van der Waals surface area (Å²) >= 11 is 6.10. The number of aliphatic hydroxyl groups is 2. The van der Waals surface area contributed by atoms with Crippen LogP contribution in [0, 0.1) is 11.8 Å². The normalized spacial score (nSPS) is 44.2. The molecule has 16 atom stereocenters. The molecule has 12 nitrogen and oxygen atoms in total. The Hall–Kier alpha value is 1.50. The monoisotopic (exact) mass is 971 g/mol. The number of hydrogen-bond acceptors (Lipinski definition) is 12. The summed E-state index contributed by atoms with van der Waals surface area (Å²) in [5, 5.41) is 22.3. The average Bonchev–Trinajstić information content (AvgIpc) is 3.83. The number of ether oxygens (including phenoxy) is 3. The number of nitrogens with one attached hydrogen (secondary N) is 1. The van der Waals surface area contributed by atoms with Crippen LogP contribution in [-0.2, 0) is 27.8 Å². The van der Waals surface area contributed by atoms with Gasteiger partial charge in [0.25, 0.3) is 8.53 Å². The molecule has 8 rings (SSSR count). The van der Waals surface area contributed by atoms with Crippen molar-refractivity contribution >= 4 is 70.1 Å². The molecule has 3 N–H and O–H groups in total. The molecule has 0 aromatic rings. The molecule has 0 aromatic heterocycles. The van der Waals surface area contributed by atoms with Crippen LogP contribution in [0.1, 0.15) is 138 Å². The molecule has 0 spiro atoms. The van der Waals surface area contributed by atoms with Gasteiger partial charge in [0, 0.05) is 55.1 Å². The predicted octanol–water partition coefficient (Wildman–Crippen LogP) is 7.68. The molecule has 4 radical (unpaired) electrons. The Labute approximate surface area is 401 Å². The number of morpholine rings is 1. The highest BCUT2D eigenvalue weighted by molar-refractivity contribution is 7.78. The van der Waals surface area contributed by atoms with Gasteiger partial charge in [-0.2, -0.15) is 27.0 Å². The molecule has 0 aromatic carbocycles. The van der Waals surface area contributed by atoms with Gasteiger partial charge in [-0.05, 0) is 112 Å². The van der Waals surface area contributed by atoms with Crippen LogP contribution in [0.5, 0.6) is 0 Å². The van der Waals surface area contributed by atoms with Gasteiger partial charge in [0.15, 0.2) is 0 Å². The fourth-order valence-corrected chi connectivity index (χ4v) is 14.0. The molecule has 0 amide bonds. The second-order valence-electron chi connectivity index (χ2n) is 19.2. The van der Waals surface area contributed by atoms with Crippen LogP contribution < -0.4 is 5.32 Å². The van der Waals surface area contributed by atoms with E-state index < -0.39 is 21.8 Å². The summed E-state index contributed by atoms with van der Waals surface area (Å²) in [4.78, 5) is 2.27. The topological polar surface area (TPSA) is 118 Å². The van der Waals surface area contributed by atoms with Gasteiger partial charge in [-0.15, -0.1) is 0 Å². The Balaban J connectivity index is 0.000000280. The smallest absolute Gasteiger partial charge is 0.259 e. The van der Waals surface area contributed by atoms with E-state index in [1.807, 2.05) is 27.8 Å². The third-order valence-corrected chi connectivity index (χ3v) is 18.5. The van der Waals surface area contributed by atoms with Crippen LogP contribution in [-0.4, -0.2) is 166 Å². The van der Waals surface area contributed by atoms with Crippen molar-refractivity contribution in [2.24, 2.45) is 11.8 Å². The lowest BCUT2D eigenvalue weighted by molar-refractivity contribution is -0.00728. The average molecular weight is 971 g/mol. The third-order valence-electron chi connectivity index (χ3n) is 14.5. The number of fused-ring (bicyclic) bond motifs is 2. The fraction of sp³-hybridized carbons (Fsp3) is 1.00. The molecule has 362 valence electrons.